The zero-order valence-electron chi connectivity index (χ0n) is 8.09. The van der Waals surface area contributed by atoms with E-state index >= 15 is 0 Å². The fourth-order valence-electron chi connectivity index (χ4n) is 1.27. The largest absolute Gasteiger partial charge is 0.382 e. The summed E-state index contributed by atoms with van der Waals surface area (Å²) in [5.41, 5.74) is 10.5. The topological polar surface area (TPSA) is 99.8 Å². The molecule has 0 spiro atoms. The van der Waals surface area contributed by atoms with Crippen molar-refractivity contribution in [2.75, 3.05) is 5.73 Å². The van der Waals surface area contributed by atoms with Crippen LogP contribution in [0, 0.1) is 5.82 Å². The predicted octanol–water partition coefficient (Wildman–Crippen LogP) is 0.0875. The summed E-state index contributed by atoms with van der Waals surface area (Å²) >= 11 is 0. The van der Waals surface area contributed by atoms with Gasteiger partial charge in [0.25, 0.3) is 5.91 Å². The lowest BCUT2D eigenvalue weighted by Gasteiger charge is -2.03. The highest BCUT2D eigenvalue weighted by Crippen LogP contribution is 2.17. The third-order valence-corrected chi connectivity index (χ3v) is 2.02. The lowest BCUT2D eigenvalue weighted by Crippen LogP contribution is -2.14. The van der Waals surface area contributed by atoms with Gasteiger partial charge in [-0.3, -0.25) is 4.79 Å². The van der Waals surface area contributed by atoms with Crippen molar-refractivity contribution < 1.29 is 9.18 Å². The van der Waals surface area contributed by atoms with Gasteiger partial charge in [0.15, 0.2) is 11.5 Å². The number of amides is 1. The molecule has 0 aliphatic heterocycles. The Labute approximate surface area is 89.7 Å². The molecule has 4 N–H and O–H groups in total. The number of para-hydroxylation sites is 1. The molecule has 0 fully saturated rings. The second kappa shape index (κ2) is 3.61. The van der Waals surface area contributed by atoms with Crippen LogP contribution < -0.4 is 11.5 Å². The van der Waals surface area contributed by atoms with Gasteiger partial charge in [-0.25, -0.2) is 4.39 Å². The molecule has 0 atom stereocenters. The van der Waals surface area contributed by atoms with Crippen molar-refractivity contribution >= 4 is 11.7 Å². The number of carbonyl (C=O) groups excluding carboxylic acids is 1. The minimum Gasteiger partial charge on any atom is -0.382 e. The maximum Gasteiger partial charge on any atom is 0.273 e. The molecule has 82 valence electrons. The van der Waals surface area contributed by atoms with E-state index in [1.165, 1.54) is 18.2 Å². The fourth-order valence-corrected chi connectivity index (χ4v) is 1.27. The van der Waals surface area contributed by atoms with Gasteiger partial charge in [0.05, 0.1) is 0 Å². The first-order valence-electron chi connectivity index (χ1n) is 4.37. The molecular weight excluding hydrogens is 213 g/mol. The molecule has 1 aromatic heterocycles. The van der Waals surface area contributed by atoms with E-state index in [-0.39, 0.29) is 17.2 Å². The molecular formula is C9H8FN5O. The van der Waals surface area contributed by atoms with Crippen LogP contribution in [0.4, 0.5) is 10.2 Å². The number of nitrogens with two attached hydrogens (primary N) is 2. The maximum absolute atomic E-state index is 13.4. The molecule has 16 heavy (non-hydrogen) atoms. The molecule has 0 saturated carbocycles. The van der Waals surface area contributed by atoms with E-state index in [1.807, 2.05) is 0 Å². The van der Waals surface area contributed by atoms with Gasteiger partial charge in [-0.15, -0.1) is 5.10 Å². The van der Waals surface area contributed by atoms with Gasteiger partial charge < -0.3 is 11.5 Å². The van der Waals surface area contributed by atoms with E-state index in [9.17, 15) is 9.18 Å². The number of rotatable bonds is 2. The van der Waals surface area contributed by atoms with Crippen LogP contribution in [-0.4, -0.2) is 20.9 Å². The third-order valence-electron chi connectivity index (χ3n) is 2.02. The zero-order valence-corrected chi connectivity index (χ0v) is 8.09. The average molecular weight is 221 g/mol. The fraction of sp³-hybridized carbons (Fsp3) is 0. The lowest BCUT2D eigenvalue weighted by atomic mass is 10.3. The number of aromatic nitrogens is 3. The van der Waals surface area contributed by atoms with Gasteiger partial charge in [0, 0.05) is 0 Å². The van der Waals surface area contributed by atoms with Crippen LogP contribution in [0.2, 0.25) is 0 Å². The molecule has 0 unspecified atom stereocenters. The molecule has 6 nitrogen and oxygen atoms in total. The van der Waals surface area contributed by atoms with Crippen molar-refractivity contribution in [1.29, 1.82) is 0 Å². The standard InChI is InChI=1S/C9H8FN5O/c10-5-3-1-2-4-6(5)15-8(11)7(9(12)16)13-14-15/h1-4H,11H2,(H2,12,16). The van der Waals surface area contributed by atoms with Gasteiger partial charge in [-0.05, 0) is 12.1 Å². The van der Waals surface area contributed by atoms with Crippen molar-refractivity contribution in [1.82, 2.24) is 15.0 Å². The first-order chi connectivity index (χ1) is 7.61. The number of benzene rings is 1. The summed E-state index contributed by atoms with van der Waals surface area (Å²) in [6.07, 6.45) is 0. The smallest absolute Gasteiger partial charge is 0.273 e. The van der Waals surface area contributed by atoms with E-state index in [2.05, 4.69) is 10.3 Å². The number of halogens is 1. The van der Waals surface area contributed by atoms with E-state index < -0.39 is 11.7 Å². The maximum atomic E-state index is 13.4. The number of hydrogen-bond acceptors (Lipinski definition) is 4. The average Bonchev–Trinajstić information content (AvgIpc) is 2.61. The Bertz CT molecular complexity index is 551. The minimum atomic E-state index is -0.805. The molecule has 1 heterocycles. The monoisotopic (exact) mass is 221 g/mol. The van der Waals surface area contributed by atoms with E-state index in [0.717, 1.165) is 4.68 Å². The summed E-state index contributed by atoms with van der Waals surface area (Å²) in [7, 11) is 0. The summed E-state index contributed by atoms with van der Waals surface area (Å²) in [6.45, 7) is 0. The SMILES string of the molecule is NC(=O)c1nnn(-c2ccccc2F)c1N. The Kier molecular flexibility index (Phi) is 2.28. The van der Waals surface area contributed by atoms with Crippen LogP contribution in [0.1, 0.15) is 10.5 Å². The van der Waals surface area contributed by atoms with Crippen LogP contribution in [0.25, 0.3) is 5.69 Å². The molecule has 2 aromatic rings. The number of anilines is 1. The van der Waals surface area contributed by atoms with Crippen molar-refractivity contribution in [2.24, 2.45) is 5.73 Å². The highest BCUT2D eigenvalue weighted by atomic mass is 19.1. The Morgan fingerprint density at radius 1 is 1.38 bits per heavy atom. The second-order valence-electron chi connectivity index (χ2n) is 3.05. The molecule has 2 rings (SSSR count). The zero-order chi connectivity index (χ0) is 11.7. The van der Waals surface area contributed by atoms with Crippen molar-refractivity contribution in [3.05, 3.63) is 35.8 Å². The number of carbonyl (C=O) groups is 1. The molecule has 1 amide bonds. The van der Waals surface area contributed by atoms with Crippen LogP contribution in [0.15, 0.2) is 24.3 Å². The van der Waals surface area contributed by atoms with Gasteiger partial charge in [0.1, 0.15) is 11.5 Å². The Morgan fingerprint density at radius 2 is 2.06 bits per heavy atom. The van der Waals surface area contributed by atoms with Crippen LogP contribution in [-0.2, 0) is 0 Å². The normalized spacial score (nSPS) is 10.3. The summed E-state index contributed by atoms with van der Waals surface area (Å²) in [4.78, 5) is 10.9. The summed E-state index contributed by atoms with van der Waals surface area (Å²) in [5.74, 6) is -1.41. The molecule has 7 heteroatoms. The Hall–Kier alpha value is -2.44. The van der Waals surface area contributed by atoms with E-state index in [1.54, 1.807) is 6.07 Å². The quantitative estimate of drug-likeness (QED) is 0.750. The van der Waals surface area contributed by atoms with Crippen molar-refractivity contribution in [3.63, 3.8) is 0 Å². The number of nitrogens with zero attached hydrogens (tertiary/aromatic N) is 3. The molecule has 1 aromatic carbocycles. The van der Waals surface area contributed by atoms with Gasteiger partial charge in [-0.1, -0.05) is 17.3 Å². The second-order valence-corrected chi connectivity index (χ2v) is 3.05. The molecule has 0 radical (unpaired) electrons. The Morgan fingerprint density at radius 3 is 2.62 bits per heavy atom. The first kappa shape index (κ1) is 10.1. The molecule has 0 aliphatic carbocycles. The predicted molar refractivity (Wildman–Crippen MR) is 54.2 cm³/mol. The van der Waals surface area contributed by atoms with Crippen molar-refractivity contribution in [3.8, 4) is 5.69 Å². The molecule has 0 saturated heterocycles. The molecule has 0 bridgehead atoms. The summed E-state index contributed by atoms with van der Waals surface area (Å²) in [5, 5.41) is 7.05. The van der Waals surface area contributed by atoms with Gasteiger partial charge in [-0.2, -0.15) is 4.68 Å². The minimum absolute atomic E-state index is 0.0856. The number of nitrogen functional groups attached to an aromatic ring is 1. The third kappa shape index (κ3) is 1.48. The van der Waals surface area contributed by atoms with E-state index in [0.29, 0.717) is 0 Å². The highest BCUT2D eigenvalue weighted by Gasteiger charge is 2.17. The van der Waals surface area contributed by atoms with E-state index in [4.69, 9.17) is 11.5 Å². The van der Waals surface area contributed by atoms with Crippen molar-refractivity contribution in [2.45, 2.75) is 0 Å². The van der Waals surface area contributed by atoms with Crippen LogP contribution in [0.3, 0.4) is 0 Å². The summed E-state index contributed by atoms with van der Waals surface area (Å²) < 4.78 is 14.4. The van der Waals surface area contributed by atoms with Crippen LogP contribution >= 0.6 is 0 Å². The van der Waals surface area contributed by atoms with Crippen LogP contribution in [0.5, 0.6) is 0 Å². The number of primary amides is 1. The highest BCUT2D eigenvalue weighted by molar-refractivity contribution is 5.95. The number of hydrogen-bond donors (Lipinski definition) is 2. The lowest BCUT2D eigenvalue weighted by molar-refractivity contribution is 0.0996. The molecule has 0 aliphatic rings. The summed E-state index contributed by atoms with van der Waals surface area (Å²) in [6, 6.07) is 5.86. The Balaban J connectivity index is 2.58. The first-order valence-corrected chi connectivity index (χ1v) is 4.37. The van der Waals surface area contributed by atoms with Gasteiger partial charge in [0.2, 0.25) is 0 Å². The van der Waals surface area contributed by atoms with Gasteiger partial charge >= 0.3 is 0 Å².